The number of primary amides is 1. The second-order valence-electron chi connectivity index (χ2n) is 3.22. The van der Waals surface area contributed by atoms with E-state index in [0.717, 1.165) is 5.56 Å². The third kappa shape index (κ3) is 3.97. The quantitative estimate of drug-likeness (QED) is 0.518. The molecule has 15 heavy (non-hydrogen) atoms. The molecule has 0 aliphatic carbocycles. The van der Waals surface area contributed by atoms with Crippen molar-refractivity contribution in [3.63, 3.8) is 0 Å². The topological polar surface area (TPSA) is 95.6 Å². The number of nitrogens with one attached hydrogen (secondary N) is 1. The molecule has 5 N–H and O–H groups in total. The Labute approximate surface area is 87.5 Å². The molecule has 0 aliphatic heterocycles. The fraction of sp³-hybridized carbons (Fsp3) is 0.300. The largest absolute Gasteiger partial charge is 0.508 e. The van der Waals surface area contributed by atoms with Crippen molar-refractivity contribution in [2.75, 3.05) is 6.54 Å². The van der Waals surface area contributed by atoms with Gasteiger partial charge in [-0.2, -0.15) is 0 Å². The van der Waals surface area contributed by atoms with E-state index in [1.807, 2.05) is 6.07 Å². The lowest BCUT2D eigenvalue weighted by molar-refractivity contribution is -0.125. The molecule has 0 bridgehead atoms. The van der Waals surface area contributed by atoms with Gasteiger partial charge in [0.2, 0.25) is 5.91 Å². The lowest BCUT2D eigenvalue weighted by Gasteiger charge is -2.08. The predicted molar refractivity (Wildman–Crippen MR) is 55.0 cm³/mol. The van der Waals surface area contributed by atoms with E-state index in [4.69, 9.17) is 15.9 Å². The van der Waals surface area contributed by atoms with Gasteiger partial charge in [-0.15, -0.1) is 0 Å². The van der Waals surface area contributed by atoms with Gasteiger partial charge in [0.05, 0.1) is 0 Å². The molecule has 1 rings (SSSR count). The van der Waals surface area contributed by atoms with Crippen molar-refractivity contribution < 1.29 is 15.0 Å². The summed E-state index contributed by atoms with van der Waals surface area (Å²) < 4.78 is 0. The fourth-order valence-electron chi connectivity index (χ4n) is 1.12. The number of phenolic OH excluding ortho intramolecular Hbond substituents is 1. The van der Waals surface area contributed by atoms with E-state index >= 15 is 0 Å². The molecule has 1 unspecified atom stereocenters. The second-order valence-corrected chi connectivity index (χ2v) is 3.22. The van der Waals surface area contributed by atoms with Crippen molar-refractivity contribution in [3.05, 3.63) is 29.8 Å². The molecule has 0 saturated heterocycles. The van der Waals surface area contributed by atoms with Gasteiger partial charge in [0.15, 0.2) is 0 Å². The number of carbonyl (C=O) groups excluding carboxylic acids is 1. The molecule has 0 aliphatic rings. The molecule has 82 valence electrons. The minimum Gasteiger partial charge on any atom is -0.508 e. The van der Waals surface area contributed by atoms with Gasteiger partial charge in [0.25, 0.3) is 0 Å². The summed E-state index contributed by atoms with van der Waals surface area (Å²) in [5.41, 5.74) is 5.74. The average molecular weight is 210 g/mol. The summed E-state index contributed by atoms with van der Waals surface area (Å²) >= 11 is 0. The van der Waals surface area contributed by atoms with E-state index in [1.165, 1.54) is 0 Å². The SMILES string of the molecule is NC(=O)C(O)CNCc1cccc(O)c1. The van der Waals surface area contributed by atoms with E-state index in [9.17, 15) is 4.79 Å². The third-order valence-electron chi connectivity index (χ3n) is 1.91. The Morgan fingerprint density at radius 3 is 2.87 bits per heavy atom. The van der Waals surface area contributed by atoms with Crippen molar-refractivity contribution in [1.82, 2.24) is 5.32 Å². The average Bonchev–Trinajstić information content (AvgIpc) is 2.17. The van der Waals surface area contributed by atoms with Crippen LogP contribution >= 0.6 is 0 Å². The standard InChI is InChI=1S/C10H14N2O3/c11-10(15)9(14)6-12-5-7-2-1-3-8(13)4-7/h1-4,9,12-14H,5-6H2,(H2,11,15). The van der Waals surface area contributed by atoms with Crippen LogP contribution in [0.25, 0.3) is 0 Å². The molecule has 1 atom stereocenters. The summed E-state index contributed by atoms with van der Waals surface area (Å²) in [4.78, 5) is 10.5. The number of nitrogens with two attached hydrogens (primary N) is 1. The van der Waals surface area contributed by atoms with Gasteiger partial charge in [-0.3, -0.25) is 4.79 Å². The van der Waals surface area contributed by atoms with Crippen molar-refractivity contribution in [2.24, 2.45) is 5.73 Å². The van der Waals surface area contributed by atoms with Crippen LogP contribution < -0.4 is 11.1 Å². The van der Waals surface area contributed by atoms with Gasteiger partial charge in [-0.25, -0.2) is 0 Å². The maximum absolute atomic E-state index is 10.5. The number of hydrogen-bond donors (Lipinski definition) is 4. The van der Waals surface area contributed by atoms with E-state index in [2.05, 4.69) is 5.32 Å². The van der Waals surface area contributed by atoms with Gasteiger partial charge >= 0.3 is 0 Å². The van der Waals surface area contributed by atoms with Crippen molar-refractivity contribution in [1.29, 1.82) is 0 Å². The van der Waals surface area contributed by atoms with Gasteiger partial charge < -0.3 is 21.3 Å². The van der Waals surface area contributed by atoms with Crippen molar-refractivity contribution in [3.8, 4) is 5.75 Å². The van der Waals surface area contributed by atoms with E-state index in [-0.39, 0.29) is 12.3 Å². The third-order valence-corrected chi connectivity index (χ3v) is 1.91. The highest BCUT2D eigenvalue weighted by atomic mass is 16.3. The van der Waals surface area contributed by atoms with E-state index < -0.39 is 12.0 Å². The molecule has 0 aromatic heterocycles. The summed E-state index contributed by atoms with van der Waals surface area (Å²) in [6.07, 6.45) is -1.18. The summed E-state index contributed by atoms with van der Waals surface area (Å²) in [5.74, 6) is -0.567. The first-order chi connectivity index (χ1) is 7.09. The minimum absolute atomic E-state index is 0.102. The number of aliphatic hydroxyl groups is 1. The molecule has 0 heterocycles. The molecule has 1 aromatic carbocycles. The first kappa shape index (κ1) is 11.5. The van der Waals surface area contributed by atoms with Crippen LogP contribution in [0.3, 0.4) is 0 Å². The number of rotatable bonds is 5. The Kier molecular flexibility index (Phi) is 4.08. The summed E-state index contributed by atoms with van der Waals surface area (Å²) in [6, 6.07) is 6.71. The Morgan fingerprint density at radius 1 is 1.53 bits per heavy atom. The number of hydrogen-bond acceptors (Lipinski definition) is 4. The molecule has 0 radical (unpaired) electrons. The number of benzene rings is 1. The van der Waals surface area contributed by atoms with Crippen LogP contribution in [-0.2, 0) is 11.3 Å². The lowest BCUT2D eigenvalue weighted by atomic mass is 10.2. The van der Waals surface area contributed by atoms with Gasteiger partial charge in [-0.1, -0.05) is 12.1 Å². The van der Waals surface area contributed by atoms with Gasteiger partial charge in [0.1, 0.15) is 11.9 Å². The number of amides is 1. The first-order valence-corrected chi connectivity index (χ1v) is 4.55. The van der Waals surface area contributed by atoms with Crippen molar-refractivity contribution in [2.45, 2.75) is 12.6 Å². The summed E-state index contributed by atoms with van der Waals surface area (Å²) in [5, 5.41) is 21.1. The van der Waals surface area contributed by atoms with E-state index in [0.29, 0.717) is 6.54 Å². The predicted octanol–water partition coefficient (Wildman–Crippen LogP) is -0.672. The number of aromatic hydroxyl groups is 1. The zero-order valence-electron chi connectivity index (χ0n) is 8.18. The molecule has 1 aromatic rings. The van der Waals surface area contributed by atoms with Crippen LogP contribution in [0.4, 0.5) is 0 Å². The molecule has 0 saturated carbocycles. The highest BCUT2D eigenvalue weighted by Gasteiger charge is 2.09. The Morgan fingerprint density at radius 2 is 2.27 bits per heavy atom. The molecule has 0 spiro atoms. The first-order valence-electron chi connectivity index (χ1n) is 4.55. The molecular weight excluding hydrogens is 196 g/mol. The smallest absolute Gasteiger partial charge is 0.247 e. The maximum Gasteiger partial charge on any atom is 0.247 e. The summed E-state index contributed by atoms with van der Waals surface area (Å²) in [6.45, 7) is 0.559. The van der Waals surface area contributed by atoms with E-state index in [1.54, 1.807) is 18.2 Å². The highest BCUT2D eigenvalue weighted by molar-refractivity contribution is 5.78. The van der Waals surface area contributed by atoms with Gasteiger partial charge in [0, 0.05) is 13.1 Å². The van der Waals surface area contributed by atoms with Gasteiger partial charge in [-0.05, 0) is 17.7 Å². The fourth-order valence-corrected chi connectivity index (χ4v) is 1.12. The molecule has 0 fully saturated rings. The Bertz CT molecular complexity index is 341. The number of phenols is 1. The molecule has 1 amide bonds. The van der Waals surface area contributed by atoms with Crippen LogP contribution in [0, 0.1) is 0 Å². The maximum atomic E-state index is 10.5. The zero-order chi connectivity index (χ0) is 11.3. The number of aliphatic hydroxyl groups excluding tert-OH is 1. The second kappa shape index (κ2) is 5.33. The van der Waals surface area contributed by atoms with Crippen LogP contribution in [0.15, 0.2) is 24.3 Å². The zero-order valence-corrected chi connectivity index (χ0v) is 8.18. The van der Waals surface area contributed by atoms with Crippen molar-refractivity contribution >= 4 is 5.91 Å². The van der Waals surface area contributed by atoms with Crippen LogP contribution in [0.1, 0.15) is 5.56 Å². The molecule has 5 nitrogen and oxygen atoms in total. The summed E-state index contributed by atoms with van der Waals surface area (Å²) in [7, 11) is 0. The minimum atomic E-state index is -1.18. The van der Waals surface area contributed by atoms with Crippen LogP contribution in [0.5, 0.6) is 5.75 Å². The molecule has 5 heteroatoms. The number of carbonyl (C=O) groups is 1. The Hall–Kier alpha value is -1.59. The van der Waals surface area contributed by atoms with Crippen LogP contribution in [0.2, 0.25) is 0 Å². The Balaban J connectivity index is 2.35. The van der Waals surface area contributed by atoms with Crippen LogP contribution in [-0.4, -0.2) is 28.8 Å². The normalized spacial score (nSPS) is 12.3. The molecular formula is C10H14N2O3. The monoisotopic (exact) mass is 210 g/mol. The highest BCUT2D eigenvalue weighted by Crippen LogP contribution is 2.10. The lowest BCUT2D eigenvalue weighted by Crippen LogP contribution is -2.37.